The van der Waals surface area contributed by atoms with Crippen LogP contribution in [0.4, 0.5) is 26.3 Å². The molecule has 0 spiro atoms. The van der Waals surface area contributed by atoms with Gasteiger partial charge in [-0.15, -0.1) is 0 Å². The molecule has 194 valence electrons. The standard InChI is InChI=1S/C13H12F6NO2S2.C7H8O3S/c1-3-20-7(2)23-10-5-4-8(6-9(10)20)24(21,22)13(18,19)11(14)12(15,16)17;1-6-2-4-7(5-3-6)11(8,9)10/h4-6,11H,3H2,1-2H3;2-5H,1H3,(H,8,9,10)/q+1;/p-1. The van der Waals surface area contributed by atoms with Crippen LogP contribution in [-0.4, -0.2) is 39.0 Å². The van der Waals surface area contributed by atoms with Crippen molar-refractivity contribution in [2.24, 2.45) is 0 Å². The van der Waals surface area contributed by atoms with Gasteiger partial charge in [-0.05, 0) is 38.1 Å². The van der Waals surface area contributed by atoms with E-state index in [9.17, 15) is 47.7 Å². The van der Waals surface area contributed by atoms with Gasteiger partial charge in [0.05, 0.1) is 9.79 Å². The Bertz CT molecular complexity index is 1420. The van der Waals surface area contributed by atoms with Crippen molar-refractivity contribution in [2.45, 2.75) is 54.7 Å². The Labute approximate surface area is 201 Å². The van der Waals surface area contributed by atoms with Crippen LogP contribution in [0.25, 0.3) is 10.2 Å². The molecule has 0 saturated carbocycles. The van der Waals surface area contributed by atoms with Crippen molar-refractivity contribution >= 4 is 41.5 Å². The Morgan fingerprint density at radius 1 is 0.943 bits per heavy atom. The topological polar surface area (TPSA) is 95.2 Å². The van der Waals surface area contributed by atoms with E-state index in [1.807, 2.05) is 6.92 Å². The third-order valence-corrected chi connectivity index (χ3v) is 8.46. The molecule has 1 unspecified atom stereocenters. The molecule has 1 atom stereocenters. The summed E-state index contributed by atoms with van der Waals surface area (Å²) >= 11 is 1.27. The largest absolute Gasteiger partial charge is 0.744 e. The second kappa shape index (κ2) is 10.0. The summed E-state index contributed by atoms with van der Waals surface area (Å²) in [5, 5.41) is -4.87. The number of benzene rings is 2. The highest BCUT2D eigenvalue weighted by Gasteiger charge is 2.64. The zero-order valence-corrected chi connectivity index (χ0v) is 20.8. The molecule has 0 radical (unpaired) electrons. The molecule has 0 aliphatic carbocycles. The number of nitrogens with zero attached hydrogens (tertiary/aromatic N) is 1. The van der Waals surface area contributed by atoms with Gasteiger partial charge in [-0.3, -0.25) is 0 Å². The SMILES string of the molecule is CC[n+]1c(C)sc2ccc(S(=O)(=O)C(F)(F)C(F)C(F)(F)F)cc21.Cc1ccc(S(=O)(=O)[O-])cc1. The first kappa shape index (κ1) is 29.0. The Morgan fingerprint density at radius 3 is 1.91 bits per heavy atom. The van der Waals surface area contributed by atoms with Gasteiger partial charge in [0.25, 0.3) is 6.17 Å². The molecule has 1 aromatic heterocycles. The molecule has 0 aliphatic heterocycles. The van der Waals surface area contributed by atoms with Crippen LogP contribution in [0.15, 0.2) is 52.3 Å². The lowest BCUT2D eigenvalue weighted by atomic mass is 10.2. The van der Waals surface area contributed by atoms with Gasteiger partial charge in [0, 0.05) is 13.0 Å². The van der Waals surface area contributed by atoms with Gasteiger partial charge in [-0.25, -0.2) is 21.2 Å². The minimum Gasteiger partial charge on any atom is -0.744 e. The van der Waals surface area contributed by atoms with Crippen molar-refractivity contribution in [3.8, 4) is 0 Å². The van der Waals surface area contributed by atoms with Crippen LogP contribution in [-0.2, 0) is 26.5 Å². The predicted octanol–water partition coefficient (Wildman–Crippen LogP) is 4.68. The molecule has 15 heteroatoms. The van der Waals surface area contributed by atoms with Crippen LogP contribution in [0.1, 0.15) is 17.5 Å². The van der Waals surface area contributed by atoms with Gasteiger partial charge in [0.15, 0.2) is 0 Å². The van der Waals surface area contributed by atoms with Crippen molar-refractivity contribution in [1.82, 2.24) is 0 Å². The molecular weight excluding hydrogens is 544 g/mol. The Kier molecular flexibility index (Phi) is 8.31. The van der Waals surface area contributed by atoms with Gasteiger partial charge in [0.2, 0.25) is 20.4 Å². The first-order valence-electron chi connectivity index (χ1n) is 9.62. The summed E-state index contributed by atoms with van der Waals surface area (Å²) in [6.07, 6.45) is -10.8. The van der Waals surface area contributed by atoms with Crippen LogP contribution in [0.3, 0.4) is 0 Å². The van der Waals surface area contributed by atoms with E-state index in [1.165, 1.54) is 29.5 Å². The molecule has 0 N–H and O–H groups in total. The predicted molar refractivity (Wildman–Crippen MR) is 115 cm³/mol. The highest BCUT2D eigenvalue weighted by molar-refractivity contribution is 7.92. The zero-order valence-electron chi connectivity index (χ0n) is 18.3. The van der Waals surface area contributed by atoms with Crippen molar-refractivity contribution in [3.63, 3.8) is 0 Å². The highest BCUT2D eigenvalue weighted by Crippen LogP contribution is 2.41. The smallest absolute Gasteiger partial charge is 0.426 e. The quantitative estimate of drug-likeness (QED) is 0.255. The summed E-state index contributed by atoms with van der Waals surface area (Å²) in [7, 11) is -10.1. The molecule has 3 aromatic rings. The molecular formula is C20H19F6NO5S3. The minimum atomic E-state index is -6.00. The van der Waals surface area contributed by atoms with Crippen molar-refractivity contribution in [3.05, 3.63) is 53.0 Å². The van der Waals surface area contributed by atoms with Crippen LogP contribution in [0.2, 0.25) is 0 Å². The molecule has 6 nitrogen and oxygen atoms in total. The molecule has 0 saturated heterocycles. The molecule has 2 aromatic carbocycles. The van der Waals surface area contributed by atoms with E-state index in [0.717, 1.165) is 22.7 Å². The molecule has 0 aliphatic rings. The second-order valence-electron chi connectivity index (χ2n) is 7.23. The van der Waals surface area contributed by atoms with E-state index in [1.54, 1.807) is 30.5 Å². The number of rotatable bonds is 5. The number of aryl methyl sites for hydroxylation is 3. The Hall–Kier alpha value is -2.23. The molecule has 1 heterocycles. The summed E-state index contributed by atoms with van der Waals surface area (Å²) in [6.45, 7) is 5.68. The normalized spacial score (nSPS) is 13.9. The third-order valence-electron chi connectivity index (χ3n) is 4.74. The van der Waals surface area contributed by atoms with Crippen molar-refractivity contribution < 1.29 is 52.3 Å². The van der Waals surface area contributed by atoms with Crippen LogP contribution in [0.5, 0.6) is 0 Å². The summed E-state index contributed by atoms with van der Waals surface area (Å²) in [6, 6.07) is 8.59. The number of hydrogen-bond donors (Lipinski definition) is 0. The van der Waals surface area contributed by atoms with E-state index < -0.39 is 42.5 Å². The molecule has 0 amide bonds. The van der Waals surface area contributed by atoms with Crippen LogP contribution < -0.4 is 4.57 Å². The average Bonchev–Trinajstić information content (AvgIpc) is 3.06. The second-order valence-corrected chi connectivity index (χ2v) is 11.9. The van der Waals surface area contributed by atoms with E-state index >= 15 is 0 Å². The number of halogens is 6. The van der Waals surface area contributed by atoms with Gasteiger partial charge in [-0.1, -0.05) is 29.0 Å². The first-order chi connectivity index (χ1) is 15.8. The summed E-state index contributed by atoms with van der Waals surface area (Å²) in [4.78, 5) is -1.24. The van der Waals surface area contributed by atoms with Gasteiger partial charge in [-0.2, -0.15) is 26.5 Å². The van der Waals surface area contributed by atoms with Gasteiger partial charge in [0.1, 0.15) is 21.4 Å². The summed E-state index contributed by atoms with van der Waals surface area (Å²) < 4.78 is 134. The number of aromatic nitrogens is 1. The average molecular weight is 564 g/mol. The van der Waals surface area contributed by atoms with Crippen LogP contribution in [0, 0.1) is 13.8 Å². The Balaban J connectivity index is 0.000000328. The number of hydrogen-bond acceptors (Lipinski definition) is 6. The lowest BCUT2D eigenvalue weighted by Crippen LogP contribution is -2.47. The fourth-order valence-corrected chi connectivity index (χ4v) is 5.70. The van der Waals surface area contributed by atoms with E-state index in [2.05, 4.69) is 0 Å². The number of thiazole rings is 1. The minimum absolute atomic E-state index is 0.178. The fraction of sp³-hybridized carbons (Fsp3) is 0.350. The number of alkyl halides is 6. The molecule has 0 bridgehead atoms. The lowest BCUT2D eigenvalue weighted by molar-refractivity contribution is -0.669. The van der Waals surface area contributed by atoms with E-state index in [4.69, 9.17) is 0 Å². The fourth-order valence-electron chi connectivity index (χ4n) is 2.93. The van der Waals surface area contributed by atoms with Crippen molar-refractivity contribution in [1.29, 1.82) is 0 Å². The van der Waals surface area contributed by atoms with E-state index in [-0.39, 0.29) is 10.4 Å². The number of fused-ring (bicyclic) bond motifs is 1. The molecule has 0 fully saturated rings. The summed E-state index contributed by atoms with van der Waals surface area (Å²) in [5.74, 6) is 0. The zero-order chi connectivity index (χ0) is 27.0. The summed E-state index contributed by atoms with van der Waals surface area (Å²) in [5.41, 5.74) is 1.21. The maximum absolute atomic E-state index is 13.7. The van der Waals surface area contributed by atoms with Gasteiger partial charge < -0.3 is 4.55 Å². The van der Waals surface area contributed by atoms with Crippen LogP contribution >= 0.6 is 11.3 Å². The van der Waals surface area contributed by atoms with Crippen molar-refractivity contribution in [2.75, 3.05) is 0 Å². The molecule has 3 rings (SSSR count). The highest BCUT2D eigenvalue weighted by atomic mass is 32.2. The third kappa shape index (κ3) is 6.13. The van der Waals surface area contributed by atoms with Gasteiger partial charge >= 0.3 is 11.4 Å². The monoisotopic (exact) mass is 563 g/mol. The lowest BCUT2D eigenvalue weighted by Gasteiger charge is -2.22. The first-order valence-corrected chi connectivity index (χ1v) is 13.3. The van der Waals surface area contributed by atoms with E-state index in [0.29, 0.717) is 11.2 Å². The maximum Gasteiger partial charge on any atom is 0.426 e. The Morgan fingerprint density at radius 2 is 1.46 bits per heavy atom. The maximum atomic E-state index is 13.7. The number of sulfone groups is 1. The molecule has 35 heavy (non-hydrogen) atoms.